The zero-order chi connectivity index (χ0) is 20.5. The van der Waals surface area contributed by atoms with Crippen molar-refractivity contribution in [2.75, 3.05) is 19.5 Å². The van der Waals surface area contributed by atoms with Crippen molar-refractivity contribution in [3.63, 3.8) is 0 Å². The van der Waals surface area contributed by atoms with Gasteiger partial charge in [0.15, 0.2) is 5.11 Å². The second-order valence-electron chi connectivity index (χ2n) is 7.05. The number of methoxy groups -OCH3 is 1. The standard InChI is InChI=1S/C22H21N3O3S/c1-24(22(29)23-18-9-4-3-8-17(18)21(27)28-2)13-16-12-15-7-5-6-14-10-11-25(19(14)15)20(16)26/h3-9,12H,10-11,13H2,1-2H3,(H,23,29). The van der Waals surface area contributed by atoms with Gasteiger partial charge in [-0.05, 0) is 47.8 Å². The van der Waals surface area contributed by atoms with Crippen molar-refractivity contribution in [3.05, 3.63) is 75.6 Å². The van der Waals surface area contributed by atoms with Crippen LogP contribution in [-0.2, 0) is 24.2 Å². The van der Waals surface area contributed by atoms with Crippen LogP contribution in [0.2, 0.25) is 0 Å². The molecule has 0 bridgehead atoms. The second-order valence-corrected chi connectivity index (χ2v) is 7.44. The minimum atomic E-state index is -0.440. The quantitative estimate of drug-likeness (QED) is 0.529. The van der Waals surface area contributed by atoms with Crippen LogP contribution in [0.3, 0.4) is 0 Å². The number of benzene rings is 2. The molecule has 1 N–H and O–H groups in total. The molecule has 1 aliphatic rings. The van der Waals surface area contributed by atoms with E-state index < -0.39 is 5.97 Å². The van der Waals surface area contributed by atoms with Gasteiger partial charge in [-0.3, -0.25) is 4.79 Å². The van der Waals surface area contributed by atoms with E-state index in [1.807, 2.05) is 35.9 Å². The summed E-state index contributed by atoms with van der Waals surface area (Å²) in [5.74, 6) is -0.440. The molecule has 4 rings (SSSR count). The first kappa shape index (κ1) is 19.1. The summed E-state index contributed by atoms with van der Waals surface area (Å²) >= 11 is 5.50. The number of aromatic nitrogens is 1. The number of nitrogens with one attached hydrogen (secondary N) is 1. The Kier molecular flexibility index (Phi) is 5.07. The van der Waals surface area contributed by atoms with Crippen LogP contribution in [0.5, 0.6) is 0 Å². The third-order valence-corrected chi connectivity index (χ3v) is 5.62. The van der Waals surface area contributed by atoms with E-state index in [-0.39, 0.29) is 5.56 Å². The number of anilines is 1. The Hall–Kier alpha value is -3.19. The maximum atomic E-state index is 13.0. The van der Waals surface area contributed by atoms with Crippen LogP contribution in [0.25, 0.3) is 10.9 Å². The molecule has 1 aliphatic heterocycles. The molecule has 2 aromatic carbocycles. The number of aryl methyl sites for hydroxylation is 2. The molecule has 0 spiro atoms. The molecular weight excluding hydrogens is 386 g/mol. The van der Waals surface area contributed by atoms with Crippen LogP contribution in [0.1, 0.15) is 21.5 Å². The Bertz CT molecular complexity index is 1190. The summed E-state index contributed by atoms with van der Waals surface area (Å²) in [5, 5.41) is 4.57. The van der Waals surface area contributed by atoms with Gasteiger partial charge in [-0.25, -0.2) is 4.79 Å². The van der Waals surface area contributed by atoms with Gasteiger partial charge in [0.2, 0.25) is 0 Å². The molecule has 0 atom stereocenters. The average molecular weight is 407 g/mol. The third kappa shape index (κ3) is 3.49. The zero-order valence-corrected chi connectivity index (χ0v) is 17.1. The molecule has 7 heteroatoms. The predicted octanol–water partition coefficient (Wildman–Crippen LogP) is 3.17. The Balaban J connectivity index is 1.58. The van der Waals surface area contributed by atoms with Gasteiger partial charge in [0.1, 0.15) is 0 Å². The van der Waals surface area contributed by atoms with Crippen molar-refractivity contribution in [3.8, 4) is 0 Å². The number of carbonyl (C=O) groups excluding carboxylic acids is 1. The van der Waals surface area contributed by atoms with E-state index in [2.05, 4.69) is 11.4 Å². The normalized spacial score (nSPS) is 12.1. The molecule has 2 heterocycles. The van der Waals surface area contributed by atoms with Crippen LogP contribution in [-0.4, -0.2) is 34.7 Å². The number of esters is 1. The number of rotatable bonds is 4. The van der Waals surface area contributed by atoms with Crippen molar-refractivity contribution in [2.45, 2.75) is 19.5 Å². The lowest BCUT2D eigenvalue weighted by molar-refractivity contribution is 0.0602. The number of nitrogens with zero attached hydrogens (tertiary/aromatic N) is 2. The summed E-state index contributed by atoms with van der Waals surface area (Å²) < 4.78 is 6.68. The van der Waals surface area contributed by atoms with Crippen molar-refractivity contribution in [2.24, 2.45) is 0 Å². The van der Waals surface area contributed by atoms with Crippen LogP contribution >= 0.6 is 12.2 Å². The van der Waals surface area contributed by atoms with Gasteiger partial charge in [0.25, 0.3) is 5.56 Å². The summed E-state index contributed by atoms with van der Waals surface area (Å²) in [7, 11) is 3.16. The first-order valence-electron chi connectivity index (χ1n) is 9.33. The minimum absolute atomic E-state index is 0.0204. The fourth-order valence-corrected chi connectivity index (χ4v) is 3.93. The molecule has 0 saturated carbocycles. The fraction of sp³-hybridized carbons (Fsp3) is 0.227. The first-order chi connectivity index (χ1) is 14.0. The molecule has 29 heavy (non-hydrogen) atoms. The number of para-hydroxylation sites is 2. The summed E-state index contributed by atoms with van der Waals surface area (Å²) in [6.45, 7) is 1.08. The highest BCUT2D eigenvalue weighted by molar-refractivity contribution is 7.80. The minimum Gasteiger partial charge on any atom is -0.465 e. The third-order valence-electron chi connectivity index (χ3n) is 5.20. The average Bonchev–Trinajstić information content (AvgIpc) is 3.17. The largest absolute Gasteiger partial charge is 0.465 e. The molecular formula is C22H21N3O3S. The molecule has 0 amide bonds. The molecule has 148 valence electrons. The fourth-order valence-electron chi connectivity index (χ4n) is 3.76. The molecule has 3 aromatic rings. The monoisotopic (exact) mass is 407 g/mol. The molecule has 1 aromatic heterocycles. The van der Waals surface area contributed by atoms with E-state index in [9.17, 15) is 9.59 Å². The molecule has 0 saturated heterocycles. The predicted molar refractivity (Wildman–Crippen MR) is 117 cm³/mol. The van der Waals surface area contributed by atoms with Crippen LogP contribution in [0.15, 0.2) is 53.3 Å². The van der Waals surface area contributed by atoms with Gasteiger partial charge < -0.3 is 19.5 Å². The Labute approximate surface area is 173 Å². The Morgan fingerprint density at radius 1 is 1.24 bits per heavy atom. The highest BCUT2D eigenvalue weighted by atomic mass is 32.1. The molecule has 0 fully saturated rings. The Morgan fingerprint density at radius 2 is 2.03 bits per heavy atom. The number of ether oxygens (including phenoxy) is 1. The maximum absolute atomic E-state index is 13.0. The lowest BCUT2D eigenvalue weighted by atomic mass is 10.1. The summed E-state index contributed by atoms with van der Waals surface area (Å²) in [5.41, 5.74) is 3.93. The van der Waals surface area contributed by atoms with E-state index in [1.165, 1.54) is 12.7 Å². The highest BCUT2D eigenvalue weighted by Gasteiger charge is 2.19. The van der Waals surface area contributed by atoms with E-state index >= 15 is 0 Å². The number of hydrogen-bond donors (Lipinski definition) is 1. The maximum Gasteiger partial charge on any atom is 0.339 e. The van der Waals surface area contributed by atoms with Gasteiger partial charge in [-0.2, -0.15) is 0 Å². The van der Waals surface area contributed by atoms with Crippen molar-refractivity contribution in [1.29, 1.82) is 0 Å². The molecule has 0 radical (unpaired) electrons. The van der Waals surface area contributed by atoms with Crippen LogP contribution in [0.4, 0.5) is 5.69 Å². The molecule has 0 unspecified atom stereocenters. The highest BCUT2D eigenvalue weighted by Crippen LogP contribution is 2.25. The van der Waals surface area contributed by atoms with E-state index in [0.717, 1.165) is 17.3 Å². The first-order valence-corrected chi connectivity index (χ1v) is 9.74. The van der Waals surface area contributed by atoms with E-state index in [1.54, 1.807) is 23.1 Å². The summed E-state index contributed by atoms with van der Waals surface area (Å²) in [6, 6.07) is 15.1. The zero-order valence-electron chi connectivity index (χ0n) is 16.3. The number of hydrogen-bond acceptors (Lipinski definition) is 4. The molecule has 0 aliphatic carbocycles. The van der Waals surface area contributed by atoms with Gasteiger partial charge in [0.05, 0.1) is 30.4 Å². The Morgan fingerprint density at radius 3 is 2.83 bits per heavy atom. The van der Waals surface area contributed by atoms with Gasteiger partial charge in [-0.1, -0.05) is 30.3 Å². The van der Waals surface area contributed by atoms with E-state index in [0.29, 0.717) is 35.0 Å². The lowest BCUT2D eigenvalue weighted by Crippen LogP contribution is -2.34. The topological polar surface area (TPSA) is 63.6 Å². The SMILES string of the molecule is COC(=O)c1ccccc1NC(=S)N(C)Cc1cc2cccc3c2n(c1=O)CC3. The summed E-state index contributed by atoms with van der Waals surface area (Å²) in [4.78, 5) is 26.7. The van der Waals surface area contributed by atoms with Crippen LogP contribution < -0.4 is 10.9 Å². The van der Waals surface area contributed by atoms with Crippen LogP contribution in [0, 0.1) is 0 Å². The smallest absolute Gasteiger partial charge is 0.339 e. The summed E-state index contributed by atoms with van der Waals surface area (Å²) in [6.07, 6.45) is 0.885. The van der Waals surface area contributed by atoms with Gasteiger partial charge in [-0.15, -0.1) is 0 Å². The van der Waals surface area contributed by atoms with Gasteiger partial charge in [0, 0.05) is 19.2 Å². The van der Waals surface area contributed by atoms with Crippen molar-refractivity contribution < 1.29 is 9.53 Å². The number of carbonyl (C=O) groups is 1. The second kappa shape index (κ2) is 7.67. The van der Waals surface area contributed by atoms with Crippen molar-refractivity contribution >= 4 is 39.9 Å². The lowest BCUT2D eigenvalue weighted by Gasteiger charge is -2.22. The molecule has 6 nitrogen and oxygen atoms in total. The van der Waals surface area contributed by atoms with E-state index in [4.69, 9.17) is 17.0 Å². The van der Waals surface area contributed by atoms with Crippen molar-refractivity contribution in [1.82, 2.24) is 9.47 Å². The van der Waals surface area contributed by atoms with Gasteiger partial charge >= 0.3 is 5.97 Å². The number of pyridine rings is 1. The number of thiocarbonyl (C=S) groups is 1.